The molecule has 0 saturated heterocycles. The Kier molecular flexibility index (Phi) is 7.64. The van der Waals surface area contributed by atoms with Crippen molar-refractivity contribution in [3.8, 4) is 11.1 Å². The number of allylic oxidation sites excluding steroid dienone is 4. The van der Waals surface area contributed by atoms with E-state index in [4.69, 9.17) is 0 Å². The average molecular weight is 628 g/mol. The molecule has 0 radical (unpaired) electrons. The molecule has 0 aliphatic heterocycles. The molecule has 0 amide bonds. The van der Waals surface area contributed by atoms with E-state index >= 15 is 0 Å². The van der Waals surface area contributed by atoms with Crippen LogP contribution in [0.3, 0.4) is 0 Å². The van der Waals surface area contributed by atoms with E-state index in [1.54, 1.807) is 17.6 Å². The van der Waals surface area contributed by atoms with Crippen molar-refractivity contribution in [3.63, 3.8) is 0 Å². The van der Waals surface area contributed by atoms with Gasteiger partial charge in [0.25, 0.3) is 0 Å². The summed E-state index contributed by atoms with van der Waals surface area (Å²) in [6.45, 7) is 18.8. The van der Waals surface area contributed by atoms with Gasteiger partial charge in [0.2, 0.25) is 0 Å². The third-order valence-electron chi connectivity index (χ3n) is 9.13. The van der Waals surface area contributed by atoms with E-state index in [0.29, 0.717) is 9.54 Å². The van der Waals surface area contributed by atoms with Crippen LogP contribution in [0.1, 0.15) is 92.4 Å². The second-order valence-corrected chi connectivity index (χ2v) is 20.5. The van der Waals surface area contributed by atoms with Crippen LogP contribution in [0.2, 0.25) is 0 Å². The second kappa shape index (κ2) is 11.0. The normalized spacial score (nSPS) is 16.5. The predicted octanol–water partition coefficient (Wildman–Crippen LogP) is 10.7. The Morgan fingerprint density at radius 3 is 1.45 bits per heavy atom. The van der Waals surface area contributed by atoms with Crippen LogP contribution in [0.4, 0.5) is 0 Å². The number of hydrogen-bond donors (Lipinski definition) is 0. The Bertz CT molecular complexity index is 1630. The van der Waals surface area contributed by atoms with Crippen LogP contribution >= 0.6 is 0 Å². The van der Waals surface area contributed by atoms with Crippen molar-refractivity contribution in [1.29, 1.82) is 0 Å². The van der Waals surface area contributed by atoms with E-state index < -0.39 is 21.3 Å². The van der Waals surface area contributed by atoms with Gasteiger partial charge in [-0.15, -0.1) is 0 Å². The van der Waals surface area contributed by atoms with Crippen LogP contribution in [0.5, 0.6) is 0 Å². The molecule has 0 fully saturated rings. The van der Waals surface area contributed by atoms with Crippen LogP contribution in [-0.4, -0.2) is 3.21 Å². The first-order valence-electron chi connectivity index (χ1n) is 15.5. The van der Waals surface area contributed by atoms with Crippen LogP contribution in [-0.2, 0) is 32.1 Å². The van der Waals surface area contributed by atoms with Crippen molar-refractivity contribution >= 4 is 3.21 Å². The summed E-state index contributed by atoms with van der Waals surface area (Å²) in [6, 6.07) is 37.5. The fraction of sp³-hybridized carbons (Fsp3) is 0.293. The number of hydrogen-bond acceptors (Lipinski definition) is 0. The maximum atomic E-state index is 2.59. The molecule has 2 aliphatic rings. The number of benzene rings is 4. The summed E-state index contributed by atoms with van der Waals surface area (Å²) in [5.41, 5.74) is 13.3. The van der Waals surface area contributed by atoms with Crippen molar-refractivity contribution < 1.29 is 21.3 Å². The summed E-state index contributed by atoms with van der Waals surface area (Å²) >= 11 is -2.77. The molecular formula is C41H44Zr. The van der Waals surface area contributed by atoms with Gasteiger partial charge in [-0.1, -0.05) is 0 Å². The Morgan fingerprint density at radius 1 is 0.619 bits per heavy atom. The molecule has 0 heterocycles. The zero-order chi connectivity index (χ0) is 29.8. The van der Waals surface area contributed by atoms with E-state index in [0.717, 1.165) is 0 Å². The summed E-state index contributed by atoms with van der Waals surface area (Å²) in [4.78, 5) is 0. The summed E-state index contributed by atoms with van der Waals surface area (Å²) in [7, 11) is 0. The Balaban J connectivity index is 1.77. The number of rotatable bonds is 4. The zero-order valence-electron chi connectivity index (χ0n) is 26.5. The molecule has 4 aromatic rings. The molecule has 0 N–H and O–H groups in total. The third-order valence-corrected chi connectivity index (χ3v) is 17.8. The SMILES string of the molecule is CC1=CC(C)[C]([Zr](=[C](c2ccccc2)c2ccccc2)[CH]2c3cc(C(C)(C)C)ccc3-c3ccc(C(C)(C)C)cc32)=C1. The summed E-state index contributed by atoms with van der Waals surface area (Å²) in [6.07, 6.45) is 5.07. The minimum atomic E-state index is -2.77. The van der Waals surface area contributed by atoms with Crippen LogP contribution in [0.15, 0.2) is 118 Å². The fourth-order valence-corrected chi connectivity index (χ4v) is 16.5. The molecule has 0 bridgehead atoms. The van der Waals surface area contributed by atoms with Gasteiger partial charge in [0.05, 0.1) is 0 Å². The van der Waals surface area contributed by atoms with Crippen molar-refractivity contribution in [3.05, 3.63) is 151 Å². The van der Waals surface area contributed by atoms with Gasteiger partial charge in [-0.3, -0.25) is 0 Å². The predicted molar refractivity (Wildman–Crippen MR) is 178 cm³/mol. The molecule has 212 valence electrons. The van der Waals surface area contributed by atoms with Crippen molar-refractivity contribution in [2.75, 3.05) is 0 Å². The molecular weight excluding hydrogens is 584 g/mol. The first-order chi connectivity index (χ1) is 19.9. The standard InChI is InChI=1S/C21H25.C13H10.C7H9.Zr/c1-20(2,3)16-7-9-18-14(12-16)11-15-13-17(21(4,5)6)8-10-19(15)18;1-3-7-12(8-4-1)11-13-9-5-2-6-10-13;1-6-3-4-7(2)5-6;/h7-13H,1-6H3;1-10H;3,5,7H,1-2H3;. The van der Waals surface area contributed by atoms with Gasteiger partial charge in [0.1, 0.15) is 0 Å². The first-order valence-corrected chi connectivity index (χ1v) is 19.4. The Morgan fingerprint density at radius 2 is 1.07 bits per heavy atom. The van der Waals surface area contributed by atoms with Crippen LogP contribution in [0.25, 0.3) is 11.1 Å². The van der Waals surface area contributed by atoms with Gasteiger partial charge >= 0.3 is 263 Å². The molecule has 0 saturated carbocycles. The fourth-order valence-electron chi connectivity index (χ4n) is 6.88. The molecule has 2 aliphatic carbocycles. The molecule has 1 unspecified atom stereocenters. The van der Waals surface area contributed by atoms with Gasteiger partial charge in [-0.2, -0.15) is 0 Å². The van der Waals surface area contributed by atoms with Crippen LogP contribution < -0.4 is 0 Å². The Hall–Kier alpha value is -2.89. The van der Waals surface area contributed by atoms with Crippen molar-refractivity contribution in [2.24, 2.45) is 5.92 Å². The third kappa shape index (κ3) is 5.35. The van der Waals surface area contributed by atoms with Gasteiger partial charge in [-0.25, -0.2) is 0 Å². The molecule has 0 nitrogen and oxygen atoms in total. The summed E-state index contributed by atoms with van der Waals surface area (Å²) < 4.78 is 3.74. The average Bonchev–Trinajstić information content (AvgIpc) is 3.46. The van der Waals surface area contributed by atoms with Gasteiger partial charge in [-0.05, 0) is 0 Å². The van der Waals surface area contributed by atoms with Crippen LogP contribution in [0, 0.1) is 5.92 Å². The topological polar surface area (TPSA) is 0 Å². The maximum absolute atomic E-state index is 2.77. The Labute approximate surface area is 261 Å². The van der Waals surface area contributed by atoms with Gasteiger partial charge in [0.15, 0.2) is 0 Å². The molecule has 0 spiro atoms. The molecule has 1 heteroatoms. The number of fused-ring (bicyclic) bond motifs is 3. The quantitative estimate of drug-likeness (QED) is 0.211. The molecule has 42 heavy (non-hydrogen) atoms. The first kappa shape index (κ1) is 29.2. The summed E-state index contributed by atoms with van der Waals surface area (Å²) in [5.74, 6) is 0.464. The van der Waals surface area contributed by atoms with E-state index in [9.17, 15) is 0 Å². The van der Waals surface area contributed by atoms with Gasteiger partial charge in [0, 0.05) is 0 Å². The summed E-state index contributed by atoms with van der Waals surface area (Å²) in [5, 5.41) is 0. The molecule has 0 aromatic heterocycles. The van der Waals surface area contributed by atoms with E-state index in [1.165, 1.54) is 39.0 Å². The zero-order valence-corrected chi connectivity index (χ0v) is 29.0. The van der Waals surface area contributed by atoms with E-state index in [1.807, 2.05) is 0 Å². The monoisotopic (exact) mass is 626 g/mol. The van der Waals surface area contributed by atoms with Crippen molar-refractivity contribution in [2.45, 2.75) is 69.8 Å². The molecule has 4 aromatic carbocycles. The minimum absolute atomic E-state index is 0.0952. The second-order valence-electron chi connectivity index (χ2n) is 14.4. The molecule has 6 rings (SSSR count). The molecule has 1 atom stereocenters. The van der Waals surface area contributed by atoms with E-state index in [-0.39, 0.29) is 10.8 Å². The van der Waals surface area contributed by atoms with E-state index in [2.05, 4.69) is 165 Å². The van der Waals surface area contributed by atoms with Gasteiger partial charge < -0.3 is 0 Å². The van der Waals surface area contributed by atoms with Crippen molar-refractivity contribution in [1.82, 2.24) is 0 Å².